The van der Waals surface area contributed by atoms with Gasteiger partial charge in [-0.05, 0) is 36.2 Å². The first-order valence-electron chi connectivity index (χ1n) is 7.75. The Kier molecular flexibility index (Phi) is 4.20. The number of fused-ring (bicyclic) bond motifs is 1. The molecule has 0 N–H and O–H groups in total. The van der Waals surface area contributed by atoms with Crippen molar-refractivity contribution in [1.82, 2.24) is 9.55 Å². The lowest BCUT2D eigenvalue weighted by atomic mass is 10.1. The van der Waals surface area contributed by atoms with Crippen molar-refractivity contribution in [3.63, 3.8) is 0 Å². The van der Waals surface area contributed by atoms with E-state index in [1.165, 1.54) is 17.5 Å². The van der Waals surface area contributed by atoms with Gasteiger partial charge in [-0.25, -0.2) is 4.98 Å². The summed E-state index contributed by atoms with van der Waals surface area (Å²) in [6.45, 7) is 3.00. The number of nitrogens with zero attached hydrogens (tertiary/aromatic N) is 3. The zero-order valence-electron chi connectivity index (χ0n) is 12.8. The van der Waals surface area contributed by atoms with Crippen LogP contribution in [0.3, 0.4) is 0 Å². The third-order valence-corrected chi connectivity index (χ3v) is 3.91. The normalized spacial score (nSPS) is 10.7. The summed E-state index contributed by atoms with van der Waals surface area (Å²) in [5, 5.41) is 8.90. The summed E-state index contributed by atoms with van der Waals surface area (Å²) < 4.78 is 2.30. The number of nitriles is 1. The molecule has 0 saturated heterocycles. The van der Waals surface area contributed by atoms with E-state index < -0.39 is 0 Å². The molecule has 0 bridgehead atoms. The fourth-order valence-electron chi connectivity index (χ4n) is 2.69. The number of unbranched alkanes of at least 4 members (excludes halogenated alkanes) is 1. The molecule has 0 aliphatic rings. The number of aromatic nitrogens is 2. The van der Waals surface area contributed by atoms with Crippen LogP contribution < -0.4 is 0 Å². The summed E-state index contributed by atoms with van der Waals surface area (Å²) in [6, 6.07) is 18.2. The average Bonchev–Trinajstić information content (AvgIpc) is 2.91. The lowest BCUT2D eigenvalue weighted by Crippen LogP contribution is -2.05. The van der Waals surface area contributed by atoms with Crippen molar-refractivity contribution in [3.8, 4) is 6.07 Å². The van der Waals surface area contributed by atoms with Crippen molar-refractivity contribution >= 4 is 11.0 Å². The van der Waals surface area contributed by atoms with Crippen LogP contribution >= 0.6 is 0 Å². The standard InChI is InChI=1S/C19H19N3/c1-2-3-8-19-21-17-6-4-5-7-18(17)22(19)14-16-11-9-15(13-20)10-12-16/h4-7,9-12H,2-3,8,14H2,1H3. The van der Waals surface area contributed by atoms with E-state index in [1.54, 1.807) is 0 Å². The molecule has 0 aliphatic carbocycles. The van der Waals surface area contributed by atoms with Crippen molar-refractivity contribution in [1.29, 1.82) is 5.26 Å². The van der Waals surface area contributed by atoms with Crippen LogP contribution in [0.25, 0.3) is 11.0 Å². The van der Waals surface area contributed by atoms with E-state index in [9.17, 15) is 0 Å². The van der Waals surface area contributed by atoms with Gasteiger partial charge in [0, 0.05) is 13.0 Å². The van der Waals surface area contributed by atoms with Crippen molar-refractivity contribution in [2.24, 2.45) is 0 Å². The summed E-state index contributed by atoms with van der Waals surface area (Å²) in [4.78, 5) is 4.79. The van der Waals surface area contributed by atoms with Crippen molar-refractivity contribution in [2.45, 2.75) is 32.7 Å². The topological polar surface area (TPSA) is 41.6 Å². The third kappa shape index (κ3) is 2.87. The van der Waals surface area contributed by atoms with Gasteiger partial charge in [0.25, 0.3) is 0 Å². The molecule has 0 fully saturated rings. The smallest absolute Gasteiger partial charge is 0.110 e. The molecule has 1 heterocycles. The molecule has 0 atom stereocenters. The van der Waals surface area contributed by atoms with E-state index >= 15 is 0 Å². The number of hydrogen-bond acceptors (Lipinski definition) is 2. The van der Waals surface area contributed by atoms with Crippen LogP contribution in [0.4, 0.5) is 0 Å². The largest absolute Gasteiger partial charge is 0.323 e. The number of para-hydroxylation sites is 2. The molecule has 3 heteroatoms. The highest BCUT2D eigenvalue weighted by Gasteiger charge is 2.10. The number of hydrogen-bond donors (Lipinski definition) is 0. The second-order valence-corrected chi connectivity index (χ2v) is 5.52. The van der Waals surface area contributed by atoms with Gasteiger partial charge in [-0.3, -0.25) is 0 Å². The molecule has 2 aromatic carbocycles. The molecule has 0 unspecified atom stereocenters. The molecule has 3 rings (SSSR count). The molecule has 3 nitrogen and oxygen atoms in total. The second-order valence-electron chi connectivity index (χ2n) is 5.52. The minimum absolute atomic E-state index is 0.699. The third-order valence-electron chi connectivity index (χ3n) is 3.91. The summed E-state index contributed by atoms with van der Waals surface area (Å²) in [5.41, 5.74) is 4.13. The van der Waals surface area contributed by atoms with Gasteiger partial charge in [-0.1, -0.05) is 37.6 Å². The Hall–Kier alpha value is -2.60. The molecule has 3 aromatic rings. The lowest BCUT2D eigenvalue weighted by molar-refractivity contribution is 0.690. The Balaban J connectivity index is 1.98. The predicted molar refractivity (Wildman–Crippen MR) is 88.6 cm³/mol. The summed E-state index contributed by atoms with van der Waals surface area (Å²) in [6.07, 6.45) is 3.32. The highest BCUT2D eigenvalue weighted by Crippen LogP contribution is 2.19. The van der Waals surface area contributed by atoms with Gasteiger partial charge < -0.3 is 4.57 Å². The van der Waals surface area contributed by atoms with Crippen LogP contribution in [-0.4, -0.2) is 9.55 Å². The zero-order chi connectivity index (χ0) is 15.4. The molecule has 0 spiro atoms. The number of benzene rings is 2. The van der Waals surface area contributed by atoms with Crippen LogP contribution in [-0.2, 0) is 13.0 Å². The van der Waals surface area contributed by atoms with E-state index in [2.05, 4.69) is 35.8 Å². The quantitative estimate of drug-likeness (QED) is 0.702. The average molecular weight is 289 g/mol. The maximum atomic E-state index is 8.90. The van der Waals surface area contributed by atoms with Crippen LogP contribution in [0, 0.1) is 11.3 Å². The molecule has 1 aromatic heterocycles. The first-order valence-corrected chi connectivity index (χ1v) is 7.75. The van der Waals surface area contributed by atoms with Crippen molar-refractivity contribution in [3.05, 3.63) is 65.5 Å². The SMILES string of the molecule is CCCCc1nc2ccccc2n1Cc1ccc(C#N)cc1. The monoisotopic (exact) mass is 289 g/mol. The number of imidazole rings is 1. The highest BCUT2D eigenvalue weighted by molar-refractivity contribution is 5.76. The Morgan fingerprint density at radius 2 is 1.86 bits per heavy atom. The Morgan fingerprint density at radius 1 is 1.09 bits per heavy atom. The second kappa shape index (κ2) is 6.44. The maximum Gasteiger partial charge on any atom is 0.110 e. The summed E-state index contributed by atoms with van der Waals surface area (Å²) in [5.74, 6) is 1.15. The maximum absolute atomic E-state index is 8.90. The molecule has 0 amide bonds. The van der Waals surface area contributed by atoms with Crippen molar-refractivity contribution in [2.75, 3.05) is 0 Å². The minimum Gasteiger partial charge on any atom is -0.323 e. The highest BCUT2D eigenvalue weighted by atomic mass is 15.1. The van der Waals surface area contributed by atoms with Gasteiger partial charge in [0.1, 0.15) is 5.82 Å². The lowest BCUT2D eigenvalue weighted by Gasteiger charge is -2.09. The van der Waals surface area contributed by atoms with Crippen LogP contribution in [0.5, 0.6) is 0 Å². The molecular formula is C19H19N3. The van der Waals surface area contributed by atoms with Gasteiger partial charge in [0.05, 0.1) is 22.7 Å². The molecule has 110 valence electrons. The van der Waals surface area contributed by atoms with E-state index in [4.69, 9.17) is 10.2 Å². The minimum atomic E-state index is 0.699. The van der Waals surface area contributed by atoms with Gasteiger partial charge in [0.15, 0.2) is 0 Å². The van der Waals surface area contributed by atoms with Gasteiger partial charge in [-0.15, -0.1) is 0 Å². The predicted octanol–water partition coefficient (Wildman–Crippen LogP) is 4.30. The van der Waals surface area contributed by atoms with E-state index in [0.717, 1.165) is 30.7 Å². The van der Waals surface area contributed by atoms with Crippen LogP contribution in [0.15, 0.2) is 48.5 Å². The first kappa shape index (κ1) is 14.3. The van der Waals surface area contributed by atoms with Gasteiger partial charge >= 0.3 is 0 Å². The fraction of sp³-hybridized carbons (Fsp3) is 0.263. The van der Waals surface area contributed by atoms with Gasteiger partial charge in [-0.2, -0.15) is 5.26 Å². The van der Waals surface area contributed by atoms with Crippen LogP contribution in [0.2, 0.25) is 0 Å². The summed E-state index contributed by atoms with van der Waals surface area (Å²) >= 11 is 0. The number of aryl methyl sites for hydroxylation is 1. The fourth-order valence-corrected chi connectivity index (χ4v) is 2.69. The first-order chi connectivity index (χ1) is 10.8. The van der Waals surface area contributed by atoms with Crippen molar-refractivity contribution < 1.29 is 0 Å². The Morgan fingerprint density at radius 3 is 2.59 bits per heavy atom. The molecular weight excluding hydrogens is 270 g/mol. The van der Waals surface area contributed by atoms with E-state index in [1.807, 2.05) is 30.3 Å². The van der Waals surface area contributed by atoms with E-state index in [0.29, 0.717) is 5.56 Å². The molecule has 0 saturated carbocycles. The molecule has 0 aliphatic heterocycles. The van der Waals surface area contributed by atoms with Gasteiger partial charge in [0.2, 0.25) is 0 Å². The van der Waals surface area contributed by atoms with E-state index in [-0.39, 0.29) is 0 Å². The van der Waals surface area contributed by atoms with Crippen LogP contribution in [0.1, 0.15) is 36.7 Å². The Labute approximate surface area is 130 Å². The Bertz CT molecular complexity index is 807. The zero-order valence-corrected chi connectivity index (χ0v) is 12.8. The molecule has 22 heavy (non-hydrogen) atoms. The number of rotatable bonds is 5. The summed E-state index contributed by atoms with van der Waals surface area (Å²) in [7, 11) is 0. The molecule has 0 radical (unpaired) electrons.